The second-order valence-electron chi connectivity index (χ2n) is 9.32. The lowest BCUT2D eigenvalue weighted by atomic mass is 10.0. The summed E-state index contributed by atoms with van der Waals surface area (Å²) < 4.78 is 12.4. The van der Waals surface area contributed by atoms with Crippen molar-refractivity contribution in [2.45, 2.75) is 20.8 Å². The number of carbonyl (C=O) groups is 2. The maximum atomic E-state index is 12.3. The van der Waals surface area contributed by atoms with E-state index in [0.29, 0.717) is 22.8 Å². The number of nitrogens with zero attached hydrogens (tertiary/aromatic N) is 3. The molecule has 0 aliphatic rings. The molecule has 0 spiro atoms. The molecule has 8 heteroatoms. The minimum Gasteiger partial charge on any atom is -0.407 e. The molecular weight excluding hydrogens is 480 g/mol. The largest absolute Gasteiger partial charge is 0.407 e. The number of anilines is 2. The van der Waals surface area contributed by atoms with Gasteiger partial charge in [-0.3, -0.25) is 9.59 Å². The van der Waals surface area contributed by atoms with Gasteiger partial charge in [-0.1, -0.05) is 36.4 Å². The molecule has 1 heterocycles. The number of nitrogens with one attached hydrogen (secondary N) is 1. The first-order chi connectivity index (χ1) is 18.2. The van der Waals surface area contributed by atoms with Crippen LogP contribution in [0.5, 0.6) is 5.88 Å². The molecule has 38 heavy (non-hydrogen) atoms. The van der Waals surface area contributed by atoms with Gasteiger partial charge in [0.2, 0.25) is 11.8 Å². The molecule has 8 nitrogen and oxygen atoms in total. The number of ether oxygens (including phenoxy) is 2. The summed E-state index contributed by atoms with van der Waals surface area (Å²) in [7, 11) is 5.45. The molecule has 1 N–H and O–H groups in total. The zero-order chi connectivity index (χ0) is 27.4. The van der Waals surface area contributed by atoms with Crippen LogP contribution >= 0.6 is 0 Å². The zero-order valence-electron chi connectivity index (χ0n) is 22.5. The van der Waals surface area contributed by atoms with E-state index in [1.807, 2.05) is 87.4 Å². The Hall–Kier alpha value is -4.43. The van der Waals surface area contributed by atoms with Gasteiger partial charge in [0.15, 0.2) is 0 Å². The summed E-state index contributed by atoms with van der Waals surface area (Å²) in [6, 6.07) is 21.5. The summed E-state index contributed by atoms with van der Waals surface area (Å²) >= 11 is 0. The van der Waals surface area contributed by atoms with Gasteiger partial charge in [0, 0.05) is 45.1 Å². The monoisotopic (exact) mass is 512 g/mol. The molecule has 1 aromatic heterocycles. The number of methoxy groups -OCH3 is 1. The van der Waals surface area contributed by atoms with Crippen molar-refractivity contribution in [3.8, 4) is 34.0 Å². The van der Waals surface area contributed by atoms with E-state index in [9.17, 15) is 9.59 Å². The van der Waals surface area contributed by atoms with Gasteiger partial charge in [-0.25, -0.2) is 0 Å². The summed E-state index contributed by atoms with van der Waals surface area (Å²) in [5.41, 5.74) is 7.56. The Morgan fingerprint density at radius 3 is 2.21 bits per heavy atom. The first-order valence-corrected chi connectivity index (χ1v) is 12.2. The van der Waals surface area contributed by atoms with Gasteiger partial charge in [0.05, 0.1) is 11.3 Å². The van der Waals surface area contributed by atoms with Gasteiger partial charge >= 0.3 is 5.97 Å². The van der Waals surface area contributed by atoms with Crippen LogP contribution < -0.4 is 15.0 Å². The van der Waals surface area contributed by atoms with Gasteiger partial charge < -0.3 is 19.7 Å². The van der Waals surface area contributed by atoms with Crippen LogP contribution in [0.15, 0.2) is 66.7 Å². The molecule has 0 bridgehead atoms. The number of aromatic nitrogens is 2. The van der Waals surface area contributed by atoms with Crippen molar-refractivity contribution in [1.82, 2.24) is 9.78 Å². The lowest BCUT2D eigenvalue weighted by molar-refractivity contribution is -0.132. The Bertz CT molecular complexity index is 1460. The highest BCUT2D eigenvalue weighted by atomic mass is 16.5. The zero-order valence-corrected chi connectivity index (χ0v) is 22.5. The van der Waals surface area contributed by atoms with Crippen LogP contribution in [0.25, 0.3) is 28.1 Å². The molecular formula is C30H32N4O4. The number of benzene rings is 3. The quantitative estimate of drug-likeness (QED) is 0.318. The number of carbonyl (C=O) groups excluding carboxylic acids is 2. The average molecular weight is 513 g/mol. The average Bonchev–Trinajstić information content (AvgIpc) is 3.24. The minimum absolute atomic E-state index is 0.0337. The Morgan fingerprint density at radius 2 is 1.61 bits per heavy atom. The van der Waals surface area contributed by atoms with Crippen LogP contribution in [0, 0.1) is 13.8 Å². The van der Waals surface area contributed by atoms with E-state index in [1.165, 1.54) is 14.0 Å². The van der Waals surface area contributed by atoms with Gasteiger partial charge in [-0.15, -0.1) is 0 Å². The van der Waals surface area contributed by atoms with Crippen LogP contribution in [0.4, 0.5) is 11.4 Å². The topological polar surface area (TPSA) is 85.7 Å². The fourth-order valence-corrected chi connectivity index (χ4v) is 4.17. The van der Waals surface area contributed by atoms with Crippen molar-refractivity contribution in [3.05, 3.63) is 77.9 Å². The fourth-order valence-electron chi connectivity index (χ4n) is 4.17. The highest BCUT2D eigenvalue weighted by Crippen LogP contribution is 2.42. The first kappa shape index (κ1) is 26.6. The molecule has 0 radical (unpaired) electrons. The Kier molecular flexibility index (Phi) is 7.93. The standard InChI is InChI=1S/C30H32N4O4/c1-19-7-8-20(2)26(17-19)34-30(38-21(3)35)28(22-9-13-24(14-10-22)31-27(36)18-37-6)29(32-34)23-11-15-25(16-12-23)33(4)5/h7-17H,18H2,1-6H3,(H,31,36). The Balaban J connectivity index is 1.93. The van der Waals surface area contributed by atoms with E-state index >= 15 is 0 Å². The summed E-state index contributed by atoms with van der Waals surface area (Å²) in [5, 5.41) is 7.79. The Labute approximate surface area is 222 Å². The van der Waals surface area contributed by atoms with E-state index < -0.39 is 5.97 Å². The fraction of sp³-hybridized carbons (Fsp3) is 0.233. The predicted octanol–water partition coefficient (Wildman–Crippen LogP) is 5.40. The van der Waals surface area contributed by atoms with E-state index in [-0.39, 0.29) is 12.5 Å². The van der Waals surface area contributed by atoms with E-state index in [1.54, 1.807) is 16.8 Å². The van der Waals surface area contributed by atoms with E-state index in [2.05, 4.69) is 5.32 Å². The number of hydrogen-bond donors (Lipinski definition) is 1. The highest BCUT2D eigenvalue weighted by Gasteiger charge is 2.25. The van der Waals surface area contributed by atoms with Crippen molar-refractivity contribution in [2.24, 2.45) is 0 Å². The van der Waals surface area contributed by atoms with Gasteiger partial charge in [0.25, 0.3) is 0 Å². The molecule has 0 saturated carbocycles. The molecule has 0 aliphatic heterocycles. The van der Waals surface area contributed by atoms with Crippen LogP contribution in [-0.2, 0) is 14.3 Å². The third-order valence-corrected chi connectivity index (χ3v) is 6.07. The third-order valence-electron chi connectivity index (χ3n) is 6.07. The Morgan fingerprint density at radius 1 is 0.947 bits per heavy atom. The summed E-state index contributed by atoms with van der Waals surface area (Å²) in [6.07, 6.45) is 0. The normalized spacial score (nSPS) is 10.8. The molecule has 0 aliphatic carbocycles. The molecule has 3 aromatic carbocycles. The predicted molar refractivity (Wildman–Crippen MR) is 150 cm³/mol. The summed E-state index contributed by atoms with van der Waals surface area (Å²) in [4.78, 5) is 26.3. The summed E-state index contributed by atoms with van der Waals surface area (Å²) in [6.45, 7) is 5.35. The molecule has 0 unspecified atom stereocenters. The number of esters is 1. The SMILES string of the molecule is COCC(=O)Nc1ccc(-c2c(-c3ccc(N(C)C)cc3)nn(-c3cc(C)ccc3C)c2OC(C)=O)cc1. The molecule has 0 saturated heterocycles. The minimum atomic E-state index is -0.448. The highest BCUT2D eigenvalue weighted by molar-refractivity contribution is 5.93. The van der Waals surface area contributed by atoms with Crippen LogP contribution in [0.2, 0.25) is 0 Å². The van der Waals surface area contributed by atoms with Crippen LogP contribution in [0.3, 0.4) is 0 Å². The maximum Gasteiger partial charge on any atom is 0.309 e. The third kappa shape index (κ3) is 5.76. The van der Waals surface area contributed by atoms with Crippen LogP contribution in [-0.4, -0.2) is 49.5 Å². The second kappa shape index (κ2) is 11.3. The van der Waals surface area contributed by atoms with Crippen molar-refractivity contribution in [2.75, 3.05) is 38.0 Å². The molecule has 0 fully saturated rings. The van der Waals surface area contributed by atoms with Crippen molar-refractivity contribution >= 4 is 23.3 Å². The second-order valence-corrected chi connectivity index (χ2v) is 9.32. The molecule has 0 atom stereocenters. The van der Waals surface area contributed by atoms with Gasteiger partial charge in [-0.05, 0) is 60.9 Å². The molecule has 4 aromatic rings. The lowest BCUT2D eigenvalue weighted by Crippen LogP contribution is -2.16. The lowest BCUT2D eigenvalue weighted by Gasteiger charge is -2.13. The first-order valence-electron chi connectivity index (χ1n) is 12.2. The summed E-state index contributed by atoms with van der Waals surface area (Å²) in [5.74, 6) is -0.366. The van der Waals surface area contributed by atoms with Crippen molar-refractivity contribution < 1.29 is 19.1 Å². The number of amides is 1. The van der Waals surface area contributed by atoms with Gasteiger partial charge in [0.1, 0.15) is 12.3 Å². The molecule has 1 amide bonds. The van der Waals surface area contributed by atoms with E-state index in [4.69, 9.17) is 14.6 Å². The van der Waals surface area contributed by atoms with Crippen molar-refractivity contribution in [1.29, 1.82) is 0 Å². The molecule has 196 valence electrons. The van der Waals surface area contributed by atoms with Crippen LogP contribution in [0.1, 0.15) is 18.1 Å². The number of rotatable bonds is 8. The number of aryl methyl sites for hydroxylation is 2. The van der Waals surface area contributed by atoms with E-state index in [0.717, 1.165) is 33.6 Å². The van der Waals surface area contributed by atoms with Gasteiger partial charge in [-0.2, -0.15) is 9.78 Å². The van der Waals surface area contributed by atoms with Crippen molar-refractivity contribution in [3.63, 3.8) is 0 Å². The maximum absolute atomic E-state index is 12.3. The smallest absolute Gasteiger partial charge is 0.309 e. The number of hydrogen-bond acceptors (Lipinski definition) is 6. The molecule has 4 rings (SSSR count).